The molecule has 1 N–H and O–H groups in total. The van der Waals surface area contributed by atoms with Gasteiger partial charge in [0.05, 0.1) is 26.8 Å². The van der Waals surface area contributed by atoms with Crippen LogP contribution in [-0.2, 0) is 0 Å². The molecule has 1 aromatic heterocycles. The van der Waals surface area contributed by atoms with Crippen molar-refractivity contribution in [3.8, 4) is 28.6 Å². The fraction of sp³-hybridized carbons (Fsp3) is 0.440. The lowest BCUT2D eigenvalue weighted by Crippen LogP contribution is -2.12. The van der Waals surface area contributed by atoms with E-state index in [4.69, 9.17) is 24.2 Å². The van der Waals surface area contributed by atoms with Gasteiger partial charge in [-0.05, 0) is 63.8 Å². The Labute approximate surface area is 190 Å². The zero-order valence-electron chi connectivity index (χ0n) is 19.8. The van der Waals surface area contributed by atoms with Crippen LogP contribution in [0.1, 0.15) is 25.7 Å². The Bertz CT molecular complexity index is 1010. The molecular weight excluding hydrogens is 404 g/mol. The first-order valence-electron chi connectivity index (χ1n) is 11.0. The van der Waals surface area contributed by atoms with Crippen molar-refractivity contribution < 1.29 is 14.2 Å². The van der Waals surface area contributed by atoms with Crippen LogP contribution in [0.25, 0.3) is 22.3 Å². The van der Waals surface area contributed by atoms with Crippen LogP contribution < -0.4 is 19.5 Å². The summed E-state index contributed by atoms with van der Waals surface area (Å²) in [5, 5.41) is 4.44. The molecule has 0 amide bonds. The third-order valence-corrected chi connectivity index (χ3v) is 5.37. The van der Waals surface area contributed by atoms with Crippen molar-refractivity contribution in [2.75, 3.05) is 53.8 Å². The van der Waals surface area contributed by atoms with Gasteiger partial charge in [-0.25, -0.2) is 9.97 Å². The predicted octanol–water partition coefficient (Wildman–Crippen LogP) is 4.86. The smallest absolute Gasteiger partial charge is 0.162 e. The monoisotopic (exact) mass is 438 g/mol. The third-order valence-electron chi connectivity index (χ3n) is 5.37. The van der Waals surface area contributed by atoms with E-state index in [1.54, 1.807) is 21.3 Å². The lowest BCUT2D eigenvalue weighted by molar-refractivity contribution is 0.356. The van der Waals surface area contributed by atoms with E-state index in [0.29, 0.717) is 17.3 Å². The zero-order valence-corrected chi connectivity index (χ0v) is 19.8. The minimum Gasteiger partial charge on any atom is -0.497 e. The van der Waals surface area contributed by atoms with Crippen LogP contribution in [-0.4, -0.2) is 63.4 Å². The lowest BCUT2D eigenvalue weighted by Gasteiger charge is -2.14. The van der Waals surface area contributed by atoms with Gasteiger partial charge >= 0.3 is 0 Å². The Morgan fingerprint density at radius 1 is 0.812 bits per heavy atom. The molecule has 0 saturated heterocycles. The van der Waals surface area contributed by atoms with Crippen LogP contribution >= 0.6 is 0 Å². The van der Waals surface area contributed by atoms with Crippen LogP contribution in [0.3, 0.4) is 0 Å². The van der Waals surface area contributed by atoms with E-state index in [1.807, 2.05) is 36.4 Å². The van der Waals surface area contributed by atoms with Gasteiger partial charge in [0.15, 0.2) is 17.3 Å². The summed E-state index contributed by atoms with van der Waals surface area (Å²) < 4.78 is 16.3. The molecule has 0 atom stereocenters. The van der Waals surface area contributed by atoms with Crippen LogP contribution in [0.15, 0.2) is 36.4 Å². The van der Waals surface area contributed by atoms with E-state index >= 15 is 0 Å². The normalized spacial score (nSPS) is 11.1. The van der Waals surface area contributed by atoms with Crippen molar-refractivity contribution >= 4 is 16.7 Å². The maximum Gasteiger partial charge on any atom is 0.162 e. The number of nitrogens with one attached hydrogen (secondary N) is 1. The molecular formula is C25H34N4O3. The highest BCUT2D eigenvalue weighted by Crippen LogP contribution is 2.35. The van der Waals surface area contributed by atoms with Gasteiger partial charge < -0.3 is 24.4 Å². The Morgan fingerprint density at radius 2 is 1.50 bits per heavy atom. The third kappa shape index (κ3) is 6.01. The second-order valence-electron chi connectivity index (χ2n) is 7.99. The largest absolute Gasteiger partial charge is 0.497 e. The van der Waals surface area contributed by atoms with Crippen LogP contribution in [0.5, 0.6) is 17.2 Å². The molecule has 7 nitrogen and oxygen atoms in total. The average Bonchev–Trinajstić information content (AvgIpc) is 2.82. The van der Waals surface area contributed by atoms with Crippen molar-refractivity contribution in [1.29, 1.82) is 0 Å². The molecule has 3 rings (SSSR count). The van der Waals surface area contributed by atoms with Gasteiger partial charge in [-0.3, -0.25) is 0 Å². The predicted molar refractivity (Wildman–Crippen MR) is 130 cm³/mol. The molecule has 3 aromatic rings. The number of fused-ring (bicyclic) bond motifs is 1. The highest BCUT2D eigenvalue weighted by molar-refractivity contribution is 5.93. The molecule has 0 aliphatic heterocycles. The molecule has 0 aliphatic carbocycles. The number of hydrogen-bond donors (Lipinski definition) is 1. The summed E-state index contributed by atoms with van der Waals surface area (Å²) in [6, 6.07) is 11.6. The fourth-order valence-corrected chi connectivity index (χ4v) is 3.57. The van der Waals surface area contributed by atoms with E-state index in [1.165, 1.54) is 19.3 Å². The van der Waals surface area contributed by atoms with Gasteiger partial charge in [0.25, 0.3) is 0 Å². The molecule has 0 fully saturated rings. The van der Waals surface area contributed by atoms with Crippen LogP contribution in [0, 0.1) is 0 Å². The first-order valence-corrected chi connectivity index (χ1v) is 11.0. The highest BCUT2D eigenvalue weighted by Gasteiger charge is 2.14. The molecule has 32 heavy (non-hydrogen) atoms. The zero-order chi connectivity index (χ0) is 22.9. The number of anilines is 1. The minimum atomic E-state index is 0.645. The quantitative estimate of drug-likeness (QED) is 0.405. The summed E-state index contributed by atoms with van der Waals surface area (Å²) in [6.07, 6.45) is 4.73. The number of unbranched alkanes of at least 4 members (excludes halogenated alkanes) is 3. The van der Waals surface area contributed by atoms with Gasteiger partial charge in [0.2, 0.25) is 0 Å². The summed E-state index contributed by atoms with van der Waals surface area (Å²) in [4.78, 5) is 11.9. The second kappa shape index (κ2) is 11.5. The molecule has 0 aliphatic rings. The van der Waals surface area contributed by atoms with Gasteiger partial charge in [-0.1, -0.05) is 12.8 Å². The molecule has 0 radical (unpaired) electrons. The first-order chi connectivity index (χ1) is 15.5. The number of benzene rings is 2. The van der Waals surface area contributed by atoms with E-state index in [-0.39, 0.29) is 0 Å². The average molecular weight is 439 g/mol. The molecule has 172 valence electrons. The van der Waals surface area contributed by atoms with Crippen molar-refractivity contribution in [3.05, 3.63) is 36.4 Å². The number of nitrogens with zero attached hydrogens (tertiary/aromatic N) is 3. The van der Waals surface area contributed by atoms with Crippen molar-refractivity contribution in [1.82, 2.24) is 14.9 Å². The molecule has 0 saturated carbocycles. The summed E-state index contributed by atoms with van der Waals surface area (Å²) in [7, 11) is 9.16. The van der Waals surface area contributed by atoms with Gasteiger partial charge in [-0.2, -0.15) is 0 Å². The maximum absolute atomic E-state index is 5.50. The fourth-order valence-electron chi connectivity index (χ4n) is 3.57. The minimum absolute atomic E-state index is 0.645. The summed E-state index contributed by atoms with van der Waals surface area (Å²) in [5.74, 6) is 3.56. The molecule has 7 heteroatoms. The molecule has 1 heterocycles. The summed E-state index contributed by atoms with van der Waals surface area (Å²) >= 11 is 0. The van der Waals surface area contributed by atoms with E-state index in [0.717, 1.165) is 47.5 Å². The number of hydrogen-bond acceptors (Lipinski definition) is 7. The van der Waals surface area contributed by atoms with E-state index in [2.05, 4.69) is 24.3 Å². The Kier molecular flexibility index (Phi) is 8.50. The van der Waals surface area contributed by atoms with E-state index in [9.17, 15) is 0 Å². The standard InChI is InChI=1S/C25H34N4O3/c1-29(2)15-9-7-6-8-14-26-25-20-16-22(31-4)23(32-5)17-21(20)27-24(28-25)18-10-12-19(30-3)13-11-18/h10-13,16-17H,6-9,14-15H2,1-5H3,(H,26,27,28). The second-order valence-corrected chi connectivity index (χ2v) is 7.99. The highest BCUT2D eigenvalue weighted by atomic mass is 16.5. The first kappa shape index (κ1) is 23.6. The number of aromatic nitrogens is 2. The molecule has 0 unspecified atom stereocenters. The summed E-state index contributed by atoms with van der Waals surface area (Å²) in [5.41, 5.74) is 1.73. The molecule has 0 spiro atoms. The summed E-state index contributed by atoms with van der Waals surface area (Å²) in [6.45, 7) is 1.99. The van der Waals surface area contributed by atoms with Gasteiger partial charge in [-0.15, -0.1) is 0 Å². The SMILES string of the molecule is COc1ccc(-c2nc(NCCCCCCN(C)C)c3cc(OC)c(OC)cc3n2)cc1. The number of rotatable bonds is 12. The van der Waals surface area contributed by atoms with Crippen molar-refractivity contribution in [2.45, 2.75) is 25.7 Å². The van der Waals surface area contributed by atoms with Gasteiger partial charge in [0.1, 0.15) is 11.6 Å². The number of ether oxygens (including phenoxy) is 3. The topological polar surface area (TPSA) is 68.7 Å². The number of methoxy groups -OCH3 is 3. The molecule has 0 bridgehead atoms. The van der Waals surface area contributed by atoms with Crippen LogP contribution in [0.4, 0.5) is 5.82 Å². The lowest BCUT2D eigenvalue weighted by atomic mass is 10.1. The Hall–Kier alpha value is -3.06. The Balaban J connectivity index is 1.85. The Morgan fingerprint density at radius 3 is 2.16 bits per heavy atom. The maximum atomic E-state index is 5.50. The van der Waals surface area contributed by atoms with Crippen molar-refractivity contribution in [2.24, 2.45) is 0 Å². The van der Waals surface area contributed by atoms with E-state index < -0.39 is 0 Å². The molecule has 2 aromatic carbocycles. The van der Waals surface area contributed by atoms with Gasteiger partial charge in [0, 0.05) is 23.6 Å². The van der Waals surface area contributed by atoms with Crippen LogP contribution in [0.2, 0.25) is 0 Å². The van der Waals surface area contributed by atoms with Crippen molar-refractivity contribution in [3.63, 3.8) is 0 Å².